The Bertz CT molecular complexity index is 268. The van der Waals surface area contributed by atoms with Crippen LogP contribution in [0.2, 0.25) is 0 Å². The topological polar surface area (TPSA) is 78.4 Å². The number of hydrogen-bond acceptors (Lipinski definition) is 3. The molecule has 1 rings (SSSR count). The molecule has 1 aliphatic rings. The van der Waals surface area contributed by atoms with Gasteiger partial charge in [0.05, 0.1) is 5.92 Å². The van der Waals surface area contributed by atoms with Crippen molar-refractivity contribution in [1.29, 1.82) is 0 Å². The Hall–Kier alpha value is -1.10. The number of hydrogen-bond donors (Lipinski definition) is 3. The van der Waals surface area contributed by atoms with Gasteiger partial charge in [-0.1, -0.05) is 13.3 Å². The largest absolute Gasteiger partial charge is 0.481 e. The van der Waals surface area contributed by atoms with E-state index in [-0.39, 0.29) is 17.7 Å². The van der Waals surface area contributed by atoms with Crippen molar-refractivity contribution in [3.8, 4) is 0 Å². The first-order chi connectivity index (χ1) is 8.15. The molecule has 0 aromatic heterocycles. The zero-order chi connectivity index (χ0) is 12.7. The normalized spacial score (nSPS) is 23.6. The van der Waals surface area contributed by atoms with E-state index < -0.39 is 5.97 Å². The lowest BCUT2D eigenvalue weighted by molar-refractivity contribution is -0.143. The van der Waals surface area contributed by atoms with Crippen LogP contribution in [-0.4, -0.2) is 36.6 Å². The molecule has 0 heterocycles. The van der Waals surface area contributed by atoms with Crippen LogP contribution in [0.25, 0.3) is 0 Å². The first-order valence-corrected chi connectivity index (χ1v) is 6.35. The molecule has 3 N–H and O–H groups in total. The fourth-order valence-electron chi connectivity index (χ4n) is 2.32. The minimum absolute atomic E-state index is 0.00184. The molecule has 0 saturated heterocycles. The summed E-state index contributed by atoms with van der Waals surface area (Å²) in [4.78, 5) is 22.4. The molecule has 1 amide bonds. The molecule has 2 atom stereocenters. The second-order valence-corrected chi connectivity index (χ2v) is 4.54. The number of carboxylic acid groups (broad SMARTS) is 1. The molecule has 0 aromatic carbocycles. The van der Waals surface area contributed by atoms with E-state index >= 15 is 0 Å². The third-order valence-corrected chi connectivity index (χ3v) is 3.32. The minimum Gasteiger partial charge on any atom is -0.481 e. The Morgan fingerprint density at radius 3 is 2.76 bits per heavy atom. The van der Waals surface area contributed by atoms with Crippen LogP contribution in [0.1, 0.15) is 32.6 Å². The van der Waals surface area contributed by atoms with E-state index in [2.05, 4.69) is 10.6 Å². The van der Waals surface area contributed by atoms with Crippen LogP contribution in [0.3, 0.4) is 0 Å². The van der Waals surface area contributed by atoms with Crippen LogP contribution in [0.15, 0.2) is 0 Å². The molecule has 0 spiro atoms. The number of rotatable bonds is 7. The number of carbonyl (C=O) groups excluding carboxylic acids is 1. The summed E-state index contributed by atoms with van der Waals surface area (Å²) < 4.78 is 0. The zero-order valence-electron chi connectivity index (χ0n) is 10.4. The predicted octanol–water partition coefficient (Wildman–Crippen LogP) is 0.603. The van der Waals surface area contributed by atoms with Gasteiger partial charge in [0.25, 0.3) is 0 Å². The zero-order valence-corrected chi connectivity index (χ0v) is 10.4. The van der Waals surface area contributed by atoms with E-state index in [9.17, 15) is 9.59 Å². The van der Waals surface area contributed by atoms with Gasteiger partial charge in [-0.3, -0.25) is 9.59 Å². The molecule has 5 nitrogen and oxygen atoms in total. The smallest absolute Gasteiger partial charge is 0.306 e. The maximum Gasteiger partial charge on any atom is 0.306 e. The quantitative estimate of drug-likeness (QED) is 0.571. The molecule has 0 aliphatic heterocycles. The van der Waals surface area contributed by atoms with Gasteiger partial charge in [0, 0.05) is 19.5 Å². The van der Waals surface area contributed by atoms with E-state index in [1.54, 1.807) is 0 Å². The molecule has 98 valence electrons. The Kier molecular flexibility index (Phi) is 5.97. The Balaban J connectivity index is 2.21. The fraction of sp³-hybridized carbons (Fsp3) is 0.833. The monoisotopic (exact) mass is 242 g/mol. The van der Waals surface area contributed by atoms with E-state index in [0.29, 0.717) is 19.5 Å². The standard InChI is InChI=1S/C12H22N2O3/c1-2-13-7-6-11(15)14-8-9-4-3-5-10(9)12(16)17/h9-10,13H,2-8H2,1H3,(H,14,15)(H,16,17). The van der Waals surface area contributed by atoms with Gasteiger partial charge >= 0.3 is 5.97 Å². The lowest BCUT2D eigenvalue weighted by atomic mass is 9.96. The van der Waals surface area contributed by atoms with E-state index in [0.717, 1.165) is 25.8 Å². The lowest BCUT2D eigenvalue weighted by Crippen LogP contribution is -2.34. The third-order valence-electron chi connectivity index (χ3n) is 3.32. The van der Waals surface area contributed by atoms with Gasteiger partial charge in [-0.05, 0) is 25.3 Å². The van der Waals surface area contributed by atoms with Gasteiger partial charge < -0.3 is 15.7 Å². The summed E-state index contributed by atoms with van der Waals surface area (Å²) in [5.41, 5.74) is 0. The van der Waals surface area contributed by atoms with Crippen LogP contribution in [0.5, 0.6) is 0 Å². The minimum atomic E-state index is -0.727. The van der Waals surface area contributed by atoms with Crippen molar-refractivity contribution >= 4 is 11.9 Å². The van der Waals surface area contributed by atoms with Crippen LogP contribution in [0.4, 0.5) is 0 Å². The lowest BCUT2D eigenvalue weighted by Gasteiger charge is -2.16. The number of amides is 1. The highest BCUT2D eigenvalue weighted by Crippen LogP contribution is 2.31. The summed E-state index contributed by atoms with van der Waals surface area (Å²) in [5.74, 6) is -0.893. The first-order valence-electron chi connectivity index (χ1n) is 6.35. The van der Waals surface area contributed by atoms with Gasteiger partial charge in [-0.15, -0.1) is 0 Å². The summed E-state index contributed by atoms with van der Waals surface area (Å²) in [6.45, 7) is 4.03. The number of aliphatic carboxylic acids is 1. The third kappa shape index (κ3) is 4.73. The van der Waals surface area contributed by atoms with Gasteiger partial charge in [-0.25, -0.2) is 0 Å². The fourth-order valence-corrected chi connectivity index (χ4v) is 2.32. The number of nitrogens with one attached hydrogen (secondary N) is 2. The molecule has 1 saturated carbocycles. The molecule has 1 fully saturated rings. The molecule has 1 aliphatic carbocycles. The highest BCUT2D eigenvalue weighted by molar-refractivity contribution is 5.76. The second-order valence-electron chi connectivity index (χ2n) is 4.54. The summed E-state index contributed by atoms with van der Waals surface area (Å²) in [6.07, 6.45) is 3.06. The maximum atomic E-state index is 11.5. The van der Waals surface area contributed by atoms with Crippen molar-refractivity contribution in [3.63, 3.8) is 0 Å². The Morgan fingerprint density at radius 1 is 1.35 bits per heavy atom. The van der Waals surface area contributed by atoms with Crippen LogP contribution < -0.4 is 10.6 Å². The number of carboxylic acids is 1. The van der Waals surface area contributed by atoms with Crippen LogP contribution in [-0.2, 0) is 9.59 Å². The van der Waals surface area contributed by atoms with Gasteiger partial charge in [0.1, 0.15) is 0 Å². The Morgan fingerprint density at radius 2 is 2.12 bits per heavy atom. The van der Waals surface area contributed by atoms with Gasteiger partial charge in [0.2, 0.25) is 5.91 Å². The summed E-state index contributed by atoms with van der Waals surface area (Å²) in [7, 11) is 0. The molecule has 0 radical (unpaired) electrons. The maximum absolute atomic E-state index is 11.5. The summed E-state index contributed by atoms with van der Waals surface area (Å²) in [5, 5.41) is 14.9. The number of carbonyl (C=O) groups is 2. The molecule has 0 aromatic rings. The highest BCUT2D eigenvalue weighted by Gasteiger charge is 2.32. The molecular formula is C12H22N2O3. The highest BCUT2D eigenvalue weighted by atomic mass is 16.4. The second kappa shape index (κ2) is 7.27. The van der Waals surface area contributed by atoms with Crippen LogP contribution in [0, 0.1) is 11.8 Å². The molecule has 17 heavy (non-hydrogen) atoms. The van der Waals surface area contributed by atoms with Gasteiger partial charge in [-0.2, -0.15) is 0 Å². The van der Waals surface area contributed by atoms with E-state index in [1.165, 1.54) is 0 Å². The predicted molar refractivity (Wildman–Crippen MR) is 64.6 cm³/mol. The summed E-state index contributed by atoms with van der Waals surface area (Å²) in [6, 6.07) is 0. The molecule has 5 heteroatoms. The van der Waals surface area contributed by atoms with E-state index in [1.807, 2.05) is 6.92 Å². The van der Waals surface area contributed by atoms with Crippen molar-refractivity contribution in [3.05, 3.63) is 0 Å². The molecule has 2 unspecified atom stereocenters. The van der Waals surface area contributed by atoms with E-state index in [4.69, 9.17) is 5.11 Å². The van der Waals surface area contributed by atoms with Crippen molar-refractivity contribution in [2.45, 2.75) is 32.6 Å². The average Bonchev–Trinajstić information content (AvgIpc) is 2.75. The Labute approximate surface area is 102 Å². The first kappa shape index (κ1) is 14.0. The van der Waals surface area contributed by atoms with Gasteiger partial charge in [0.15, 0.2) is 0 Å². The molecule has 0 bridgehead atoms. The molecular weight excluding hydrogens is 220 g/mol. The van der Waals surface area contributed by atoms with Crippen LogP contribution >= 0.6 is 0 Å². The van der Waals surface area contributed by atoms with Crippen molar-refractivity contribution in [2.75, 3.05) is 19.6 Å². The van der Waals surface area contributed by atoms with Crippen molar-refractivity contribution < 1.29 is 14.7 Å². The van der Waals surface area contributed by atoms with Crippen molar-refractivity contribution in [1.82, 2.24) is 10.6 Å². The van der Waals surface area contributed by atoms with Crippen molar-refractivity contribution in [2.24, 2.45) is 11.8 Å². The average molecular weight is 242 g/mol. The summed E-state index contributed by atoms with van der Waals surface area (Å²) >= 11 is 0. The SMILES string of the molecule is CCNCCC(=O)NCC1CCCC1C(=O)O.